The highest BCUT2D eigenvalue weighted by Gasteiger charge is 2.26. The molecule has 2 aromatic rings. The Morgan fingerprint density at radius 2 is 2.45 bits per heavy atom. The highest BCUT2D eigenvalue weighted by atomic mass is 32.1. The van der Waals surface area contributed by atoms with Crippen molar-refractivity contribution >= 4 is 33.7 Å². The Morgan fingerprint density at radius 3 is 3.15 bits per heavy atom. The van der Waals surface area contributed by atoms with Gasteiger partial charge in [-0.1, -0.05) is 0 Å². The number of hydrogen-bond donors (Lipinski definition) is 1. The number of nitrogens with zero attached hydrogens (tertiary/aromatic N) is 2. The number of aryl methyl sites for hydroxylation is 1. The molecular formula is C14H17N3OS2. The smallest absolute Gasteiger partial charge is 0.261 e. The monoisotopic (exact) mass is 307 g/mol. The van der Waals surface area contributed by atoms with E-state index in [1.54, 1.807) is 11.3 Å². The molecule has 0 aliphatic carbocycles. The predicted octanol–water partition coefficient (Wildman–Crippen LogP) is 2.91. The molecular weight excluding hydrogens is 290 g/mol. The first kappa shape index (κ1) is 13.6. The van der Waals surface area contributed by atoms with Crippen LogP contribution in [0.5, 0.6) is 0 Å². The zero-order valence-electron chi connectivity index (χ0n) is 11.3. The van der Waals surface area contributed by atoms with Gasteiger partial charge >= 0.3 is 0 Å². The lowest BCUT2D eigenvalue weighted by Crippen LogP contribution is -2.40. The lowest BCUT2D eigenvalue weighted by atomic mass is 10.2. The van der Waals surface area contributed by atoms with Gasteiger partial charge in [0.1, 0.15) is 0 Å². The first-order valence-electron chi connectivity index (χ1n) is 6.73. The number of carbonyl (C=O) groups excluding carboxylic acids is 1. The lowest BCUT2D eigenvalue weighted by molar-refractivity contribution is 0.0955. The van der Waals surface area contributed by atoms with Gasteiger partial charge in [-0.15, -0.1) is 22.7 Å². The van der Waals surface area contributed by atoms with Gasteiger partial charge in [0.2, 0.25) is 0 Å². The van der Waals surface area contributed by atoms with Crippen LogP contribution in [0.25, 0.3) is 0 Å². The summed E-state index contributed by atoms with van der Waals surface area (Å²) in [4.78, 5) is 19.5. The van der Waals surface area contributed by atoms with Crippen molar-refractivity contribution in [1.82, 2.24) is 10.3 Å². The molecule has 0 radical (unpaired) electrons. The zero-order chi connectivity index (χ0) is 13.9. The third-order valence-electron chi connectivity index (χ3n) is 3.49. The normalized spacial score (nSPS) is 18.4. The molecule has 1 aliphatic heterocycles. The van der Waals surface area contributed by atoms with Crippen molar-refractivity contribution in [3.8, 4) is 0 Å². The van der Waals surface area contributed by atoms with Gasteiger partial charge in [-0.3, -0.25) is 4.79 Å². The molecule has 2 aromatic heterocycles. The van der Waals surface area contributed by atoms with Crippen molar-refractivity contribution in [2.45, 2.75) is 25.8 Å². The Morgan fingerprint density at radius 1 is 1.55 bits per heavy atom. The fourth-order valence-corrected chi connectivity index (χ4v) is 4.06. The van der Waals surface area contributed by atoms with Crippen LogP contribution in [0.4, 0.5) is 5.13 Å². The van der Waals surface area contributed by atoms with E-state index < -0.39 is 0 Å². The maximum Gasteiger partial charge on any atom is 0.261 e. The molecule has 1 N–H and O–H groups in total. The van der Waals surface area contributed by atoms with E-state index in [-0.39, 0.29) is 5.91 Å². The first-order valence-corrected chi connectivity index (χ1v) is 8.49. The van der Waals surface area contributed by atoms with Gasteiger partial charge in [-0.2, -0.15) is 0 Å². The molecule has 6 heteroatoms. The summed E-state index contributed by atoms with van der Waals surface area (Å²) in [5, 5.41) is 8.12. The van der Waals surface area contributed by atoms with Crippen LogP contribution >= 0.6 is 22.7 Å². The third-order valence-corrected chi connectivity index (χ3v) is 5.35. The Bertz CT molecular complexity index is 579. The minimum Gasteiger partial charge on any atom is -0.349 e. The maximum atomic E-state index is 12.1. The molecule has 0 bridgehead atoms. The average molecular weight is 307 g/mol. The summed E-state index contributed by atoms with van der Waals surface area (Å²) in [6, 6.07) is 2.30. The number of thiazole rings is 1. The van der Waals surface area contributed by atoms with Crippen LogP contribution in [0.2, 0.25) is 0 Å². The summed E-state index contributed by atoms with van der Waals surface area (Å²) >= 11 is 3.16. The molecule has 1 aliphatic rings. The molecule has 1 atom stereocenters. The Balaban J connectivity index is 1.59. The second kappa shape index (κ2) is 5.93. The summed E-state index contributed by atoms with van der Waals surface area (Å²) in [6.45, 7) is 3.73. The summed E-state index contributed by atoms with van der Waals surface area (Å²) in [5.41, 5.74) is 1.14. The molecule has 3 rings (SSSR count). The van der Waals surface area contributed by atoms with E-state index >= 15 is 0 Å². The van der Waals surface area contributed by atoms with E-state index in [0.29, 0.717) is 12.6 Å². The number of amides is 1. The molecule has 0 saturated carbocycles. The summed E-state index contributed by atoms with van der Waals surface area (Å²) < 4.78 is 0. The second-order valence-corrected chi connectivity index (χ2v) is 6.79. The van der Waals surface area contributed by atoms with Crippen molar-refractivity contribution in [2.24, 2.45) is 0 Å². The Kier molecular flexibility index (Phi) is 4.03. The van der Waals surface area contributed by atoms with Crippen LogP contribution in [-0.4, -0.2) is 30.0 Å². The van der Waals surface area contributed by atoms with Crippen molar-refractivity contribution in [2.75, 3.05) is 18.0 Å². The molecule has 3 heterocycles. The number of anilines is 1. The Labute approximate surface area is 126 Å². The van der Waals surface area contributed by atoms with Crippen LogP contribution < -0.4 is 10.2 Å². The van der Waals surface area contributed by atoms with Crippen molar-refractivity contribution in [3.05, 3.63) is 33.5 Å². The van der Waals surface area contributed by atoms with Crippen molar-refractivity contribution in [1.29, 1.82) is 0 Å². The molecule has 1 saturated heterocycles. The van der Waals surface area contributed by atoms with E-state index in [1.807, 2.05) is 29.9 Å². The van der Waals surface area contributed by atoms with Gasteiger partial charge in [0.25, 0.3) is 5.91 Å². The largest absolute Gasteiger partial charge is 0.349 e. The van der Waals surface area contributed by atoms with Crippen LogP contribution in [0.1, 0.15) is 28.1 Å². The molecule has 1 fully saturated rings. The van der Waals surface area contributed by atoms with Crippen LogP contribution in [0.3, 0.4) is 0 Å². The summed E-state index contributed by atoms with van der Waals surface area (Å²) in [5.74, 6) is 0.0362. The van der Waals surface area contributed by atoms with E-state index in [9.17, 15) is 4.79 Å². The third kappa shape index (κ3) is 2.86. The molecule has 20 heavy (non-hydrogen) atoms. The van der Waals surface area contributed by atoms with Crippen LogP contribution in [0, 0.1) is 6.92 Å². The van der Waals surface area contributed by atoms with Crippen molar-refractivity contribution < 1.29 is 4.79 Å². The number of nitrogens with one attached hydrogen (secondary N) is 1. The van der Waals surface area contributed by atoms with Gasteiger partial charge in [-0.05, 0) is 36.8 Å². The number of rotatable bonds is 4. The number of hydrogen-bond acceptors (Lipinski definition) is 5. The van der Waals surface area contributed by atoms with E-state index in [0.717, 1.165) is 35.0 Å². The minimum absolute atomic E-state index is 0.0362. The highest BCUT2D eigenvalue weighted by Crippen LogP contribution is 2.26. The SMILES string of the molecule is Cc1csc(C(=O)NCC2CCCN2c2nccs2)c1. The first-order chi connectivity index (χ1) is 9.74. The Hall–Kier alpha value is -1.40. The van der Waals surface area contributed by atoms with Gasteiger partial charge < -0.3 is 10.2 Å². The van der Waals surface area contributed by atoms with E-state index in [4.69, 9.17) is 0 Å². The molecule has 106 valence electrons. The number of aromatic nitrogens is 1. The van der Waals surface area contributed by atoms with E-state index in [1.165, 1.54) is 11.3 Å². The van der Waals surface area contributed by atoms with Crippen LogP contribution in [-0.2, 0) is 0 Å². The second-order valence-electron chi connectivity index (χ2n) is 5.00. The fourth-order valence-electron chi connectivity index (χ4n) is 2.51. The number of carbonyl (C=O) groups is 1. The van der Waals surface area contributed by atoms with Crippen LogP contribution in [0.15, 0.2) is 23.0 Å². The maximum absolute atomic E-state index is 12.1. The van der Waals surface area contributed by atoms with Gasteiger partial charge in [0.05, 0.1) is 4.88 Å². The average Bonchev–Trinajstić information content (AvgIpc) is 3.16. The molecule has 0 aromatic carbocycles. The molecule has 4 nitrogen and oxygen atoms in total. The predicted molar refractivity (Wildman–Crippen MR) is 83.9 cm³/mol. The van der Waals surface area contributed by atoms with E-state index in [2.05, 4.69) is 15.2 Å². The lowest BCUT2D eigenvalue weighted by Gasteiger charge is -2.24. The topological polar surface area (TPSA) is 45.2 Å². The molecule has 0 spiro atoms. The summed E-state index contributed by atoms with van der Waals surface area (Å²) in [7, 11) is 0. The molecule has 1 unspecified atom stereocenters. The fraction of sp³-hybridized carbons (Fsp3) is 0.429. The quantitative estimate of drug-likeness (QED) is 0.944. The van der Waals surface area contributed by atoms with Gasteiger partial charge in [-0.25, -0.2) is 4.98 Å². The highest BCUT2D eigenvalue weighted by molar-refractivity contribution is 7.13. The zero-order valence-corrected chi connectivity index (χ0v) is 13.0. The number of thiophene rings is 1. The van der Waals surface area contributed by atoms with Gasteiger partial charge in [0.15, 0.2) is 5.13 Å². The van der Waals surface area contributed by atoms with Crippen molar-refractivity contribution in [3.63, 3.8) is 0 Å². The standard InChI is InChI=1S/C14H17N3OS2/c1-10-7-12(20-9-10)13(18)16-8-11-3-2-5-17(11)14-15-4-6-19-14/h4,6-7,9,11H,2-3,5,8H2,1H3,(H,16,18). The van der Waals surface area contributed by atoms with Gasteiger partial charge in [0, 0.05) is 30.7 Å². The molecule has 1 amide bonds. The minimum atomic E-state index is 0.0362. The summed E-state index contributed by atoms with van der Waals surface area (Å²) in [6.07, 6.45) is 4.12.